The number of rotatable bonds is 5. The molecule has 0 aliphatic heterocycles. The number of halogens is 3. The summed E-state index contributed by atoms with van der Waals surface area (Å²) in [5.74, 6) is -2.66. The van der Waals surface area contributed by atoms with Gasteiger partial charge in [0.05, 0.1) is 10.6 Å². The molecule has 0 fully saturated rings. The molecule has 3 aromatic carbocycles. The zero-order valence-electron chi connectivity index (χ0n) is 16.4. The third-order valence-electron chi connectivity index (χ3n) is 4.82. The Bertz CT molecular complexity index is 1210. The van der Waals surface area contributed by atoms with Crippen molar-refractivity contribution in [1.29, 1.82) is 0 Å². The van der Waals surface area contributed by atoms with Crippen LogP contribution in [0.3, 0.4) is 0 Å². The Morgan fingerprint density at radius 1 is 0.871 bits per heavy atom. The number of hydrogen-bond donors (Lipinski definition) is 1. The largest absolute Gasteiger partial charge is 0.322 e. The maximum atomic E-state index is 13.8. The minimum absolute atomic E-state index is 0.417. The molecule has 3 nitrogen and oxygen atoms in total. The zero-order valence-corrected chi connectivity index (χ0v) is 17.1. The predicted molar refractivity (Wildman–Crippen MR) is 117 cm³/mol. The topological polar surface area (TPSA) is 33.0 Å². The van der Waals surface area contributed by atoms with E-state index in [-0.39, 0.29) is 0 Å². The molecule has 6 heteroatoms. The van der Waals surface area contributed by atoms with E-state index in [4.69, 9.17) is 11.6 Å². The maximum Gasteiger partial charge on any atom is 0.261 e. The Morgan fingerprint density at radius 3 is 2.23 bits per heavy atom. The number of anilines is 1. The van der Waals surface area contributed by atoms with Gasteiger partial charge in [0.2, 0.25) is 0 Å². The fourth-order valence-electron chi connectivity index (χ4n) is 3.27. The summed E-state index contributed by atoms with van der Waals surface area (Å²) in [6.45, 7) is 0.702. The van der Waals surface area contributed by atoms with Crippen molar-refractivity contribution in [2.24, 2.45) is 0 Å². The molecule has 0 saturated carbocycles. The third kappa shape index (κ3) is 4.78. The van der Waals surface area contributed by atoms with Gasteiger partial charge in [-0.05, 0) is 29.8 Å². The molecule has 0 spiro atoms. The maximum absolute atomic E-state index is 13.8. The van der Waals surface area contributed by atoms with Gasteiger partial charge in [-0.1, -0.05) is 60.1 Å². The molecule has 4 aromatic rings. The smallest absolute Gasteiger partial charge is 0.261 e. The molecule has 0 aliphatic rings. The number of aromatic nitrogens is 1. The standard InChI is InChI=1S/C25H17ClF2N2O/c26-21-13-14-30(15-17-5-2-1-3-6-17)16-20(21)18-9-11-19(12-10-18)29-25(31)24-22(27)7-4-8-23(24)28/h1-14,16H,15H2/p+1. The van der Waals surface area contributed by atoms with Crippen molar-refractivity contribution in [3.8, 4) is 11.1 Å². The van der Waals surface area contributed by atoms with Crippen LogP contribution in [-0.2, 0) is 6.54 Å². The number of carbonyl (C=O) groups is 1. The average Bonchev–Trinajstić information content (AvgIpc) is 2.76. The quantitative estimate of drug-likeness (QED) is 0.390. The first-order valence-electron chi connectivity index (χ1n) is 9.59. The highest BCUT2D eigenvalue weighted by Crippen LogP contribution is 2.27. The molecule has 1 aromatic heterocycles. The van der Waals surface area contributed by atoms with Crippen LogP contribution in [0.1, 0.15) is 15.9 Å². The molecule has 4 rings (SSSR count). The summed E-state index contributed by atoms with van der Waals surface area (Å²) in [4.78, 5) is 12.3. The Kier molecular flexibility index (Phi) is 6.05. The van der Waals surface area contributed by atoms with Crippen molar-refractivity contribution in [2.45, 2.75) is 6.54 Å². The number of carbonyl (C=O) groups excluding carboxylic acids is 1. The van der Waals surface area contributed by atoms with Crippen LogP contribution in [-0.4, -0.2) is 5.91 Å². The molecule has 154 valence electrons. The van der Waals surface area contributed by atoms with E-state index in [1.807, 2.05) is 41.2 Å². The highest BCUT2D eigenvalue weighted by molar-refractivity contribution is 6.33. The second-order valence-corrected chi connectivity index (χ2v) is 7.40. The molecular weight excluding hydrogens is 418 g/mol. The monoisotopic (exact) mass is 435 g/mol. The fourth-order valence-corrected chi connectivity index (χ4v) is 3.48. The van der Waals surface area contributed by atoms with Crippen molar-refractivity contribution in [2.75, 3.05) is 5.32 Å². The van der Waals surface area contributed by atoms with Gasteiger partial charge in [-0.25, -0.2) is 13.3 Å². The first-order valence-corrected chi connectivity index (χ1v) is 9.97. The van der Waals surface area contributed by atoms with E-state index in [1.54, 1.807) is 24.3 Å². The number of pyridine rings is 1. The van der Waals surface area contributed by atoms with Gasteiger partial charge in [0.25, 0.3) is 5.91 Å². The Balaban J connectivity index is 1.54. The Morgan fingerprint density at radius 2 is 1.55 bits per heavy atom. The summed E-state index contributed by atoms with van der Waals surface area (Å²) in [6, 6.07) is 22.1. The molecular formula is C25H18ClF2N2O+. The van der Waals surface area contributed by atoms with Gasteiger partial charge in [-0.2, -0.15) is 0 Å². The molecule has 0 bridgehead atoms. The van der Waals surface area contributed by atoms with Gasteiger partial charge in [0, 0.05) is 17.3 Å². The van der Waals surface area contributed by atoms with Gasteiger partial charge in [-0.15, -0.1) is 0 Å². The van der Waals surface area contributed by atoms with E-state index in [0.29, 0.717) is 17.3 Å². The van der Waals surface area contributed by atoms with Crippen LogP contribution in [0.2, 0.25) is 5.02 Å². The number of amides is 1. The van der Waals surface area contributed by atoms with Crippen LogP contribution < -0.4 is 9.88 Å². The van der Waals surface area contributed by atoms with Gasteiger partial charge in [0.15, 0.2) is 18.9 Å². The van der Waals surface area contributed by atoms with E-state index in [9.17, 15) is 13.6 Å². The first-order chi connectivity index (χ1) is 15.0. The van der Waals surface area contributed by atoms with Gasteiger partial charge in [-0.3, -0.25) is 4.79 Å². The predicted octanol–water partition coefficient (Wildman–Crippen LogP) is 5.87. The summed E-state index contributed by atoms with van der Waals surface area (Å²) < 4.78 is 29.7. The van der Waals surface area contributed by atoms with Crippen molar-refractivity contribution >= 4 is 23.2 Å². The highest BCUT2D eigenvalue weighted by Gasteiger charge is 2.17. The van der Waals surface area contributed by atoms with Gasteiger partial charge < -0.3 is 5.32 Å². The van der Waals surface area contributed by atoms with Crippen molar-refractivity contribution in [3.63, 3.8) is 0 Å². The fraction of sp³-hybridized carbons (Fsp3) is 0.0400. The molecule has 1 N–H and O–H groups in total. The average molecular weight is 436 g/mol. The lowest BCUT2D eigenvalue weighted by molar-refractivity contribution is -0.687. The lowest BCUT2D eigenvalue weighted by atomic mass is 10.1. The molecule has 0 atom stereocenters. The normalized spacial score (nSPS) is 10.7. The lowest BCUT2D eigenvalue weighted by Crippen LogP contribution is -2.33. The van der Waals surface area contributed by atoms with Gasteiger partial charge in [0.1, 0.15) is 17.2 Å². The molecule has 0 unspecified atom stereocenters. The summed E-state index contributed by atoms with van der Waals surface area (Å²) in [5, 5.41) is 3.11. The summed E-state index contributed by atoms with van der Waals surface area (Å²) in [7, 11) is 0. The molecule has 0 radical (unpaired) electrons. The lowest BCUT2D eigenvalue weighted by Gasteiger charge is -2.09. The van der Waals surface area contributed by atoms with Crippen molar-refractivity contribution in [3.05, 3.63) is 119 Å². The summed E-state index contributed by atoms with van der Waals surface area (Å²) in [5.41, 5.74) is 2.65. The summed E-state index contributed by atoms with van der Waals surface area (Å²) in [6.07, 6.45) is 3.87. The number of nitrogens with zero attached hydrogens (tertiary/aromatic N) is 1. The van der Waals surface area contributed by atoms with E-state index in [0.717, 1.165) is 23.3 Å². The molecule has 0 aliphatic carbocycles. The van der Waals surface area contributed by atoms with Crippen LogP contribution >= 0.6 is 11.6 Å². The summed E-state index contributed by atoms with van der Waals surface area (Å²) >= 11 is 6.41. The van der Waals surface area contributed by atoms with Crippen LogP contribution in [0.15, 0.2) is 91.3 Å². The van der Waals surface area contributed by atoms with E-state index in [1.165, 1.54) is 11.6 Å². The Hall–Kier alpha value is -3.57. The minimum Gasteiger partial charge on any atom is -0.322 e. The zero-order chi connectivity index (χ0) is 21.8. The van der Waals surface area contributed by atoms with Crippen LogP contribution in [0.4, 0.5) is 14.5 Å². The van der Waals surface area contributed by atoms with E-state index < -0.39 is 23.1 Å². The van der Waals surface area contributed by atoms with Crippen LogP contribution in [0, 0.1) is 11.6 Å². The SMILES string of the molecule is O=C(Nc1ccc(-c2c[n+](Cc3ccccc3)ccc2Cl)cc1)c1c(F)cccc1F. The third-order valence-corrected chi connectivity index (χ3v) is 5.15. The number of benzene rings is 3. The first kappa shape index (κ1) is 20.7. The van der Waals surface area contributed by atoms with Crippen molar-refractivity contribution < 1.29 is 18.1 Å². The van der Waals surface area contributed by atoms with E-state index in [2.05, 4.69) is 17.4 Å². The Labute approximate surface area is 183 Å². The van der Waals surface area contributed by atoms with Crippen molar-refractivity contribution in [1.82, 2.24) is 0 Å². The molecule has 1 amide bonds. The second-order valence-electron chi connectivity index (χ2n) is 6.99. The molecule has 1 heterocycles. The van der Waals surface area contributed by atoms with Crippen LogP contribution in [0.25, 0.3) is 11.1 Å². The van der Waals surface area contributed by atoms with Gasteiger partial charge >= 0.3 is 0 Å². The molecule has 31 heavy (non-hydrogen) atoms. The molecule has 0 saturated heterocycles. The number of hydrogen-bond acceptors (Lipinski definition) is 1. The van der Waals surface area contributed by atoms with Crippen LogP contribution in [0.5, 0.6) is 0 Å². The second kappa shape index (κ2) is 9.06. The highest BCUT2D eigenvalue weighted by atomic mass is 35.5. The number of nitrogens with one attached hydrogen (secondary N) is 1. The minimum atomic E-state index is -0.909. The van der Waals surface area contributed by atoms with E-state index >= 15 is 0 Å².